The fourth-order valence-electron chi connectivity index (χ4n) is 6.49. The van der Waals surface area contributed by atoms with Gasteiger partial charge in [-0.15, -0.1) is 22.7 Å². The minimum Gasteiger partial charge on any atom is -0.140 e. The molecule has 0 unspecified atom stereocenters. The number of unbranched alkanes of at least 4 members (excludes halogenated alkanes) is 2. The smallest absolute Gasteiger partial charge is 0.0430 e. The Bertz CT molecular complexity index is 1680. The van der Waals surface area contributed by atoms with Crippen molar-refractivity contribution in [1.29, 1.82) is 0 Å². The molecule has 0 saturated carbocycles. The van der Waals surface area contributed by atoms with Crippen LogP contribution in [0.5, 0.6) is 0 Å². The van der Waals surface area contributed by atoms with Crippen molar-refractivity contribution < 1.29 is 0 Å². The molecule has 1 aliphatic rings. The molecule has 0 aliphatic heterocycles. The molecule has 0 amide bonds. The topological polar surface area (TPSA) is 0 Å². The lowest BCUT2D eigenvalue weighted by molar-refractivity contribution is 0.794. The van der Waals surface area contributed by atoms with Gasteiger partial charge < -0.3 is 0 Å². The second kappa shape index (κ2) is 12.2. The predicted octanol–water partition coefficient (Wildman–Crippen LogP) is 12.0. The summed E-state index contributed by atoms with van der Waals surface area (Å²) in [5.41, 5.74) is 11.7. The molecular formula is C40H40S2. The molecule has 7 rings (SSSR count). The van der Waals surface area contributed by atoms with Crippen molar-refractivity contribution in [3.05, 3.63) is 117 Å². The average Bonchev–Trinajstić information content (AvgIpc) is 3.62. The fraction of sp³-hybridized carbons (Fsp3) is 0.300. The van der Waals surface area contributed by atoms with Crippen LogP contribution in [0, 0.1) is 0 Å². The van der Waals surface area contributed by atoms with E-state index in [2.05, 4.69) is 98.8 Å². The third-order valence-electron chi connectivity index (χ3n) is 9.02. The van der Waals surface area contributed by atoms with E-state index in [0.29, 0.717) is 0 Å². The third kappa shape index (κ3) is 5.48. The molecule has 4 aromatic carbocycles. The van der Waals surface area contributed by atoms with Gasteiger partial charge in [0.15, 0.2) is 0 Å². The molecule has 0 N–H and O–H groups in total. The van der Waals surface area contributed by atoms with Crippen molar-refractivity contribution in [3.63, 3.8) is 0 Å². The van der Waals surface area contributed by atoms with Gasteiger partial charge in [0.25, 0.3) is 0 Å². The van der Waals surface area contributed by atoms with E-state index >= 15 is 0 Å². The van der Waals surface area contributed by atoms with Crippen molar-refractivity contribution in [2.24, 2.45) is 0 Å². The van der Waals surface area contributed by atoms with Gasteiger partial charge >= 0.3 is 0 Å². The molecule has 0 radical (unpaired) electrons. The number of thiophene rings is 2. The van der Waals surface area contributed by atoms with Crippen LogP contribution in [0.3, 0.4) is 0 Å². The van der Waals surface area contributed by atoms with E-state index in [-0.39, 0.29) is 0 Å². The van der Waals surface area contributed by atoms with Gasteiger partial charge in [-0.05, 0) is 108 Å². The minimum atomic E-state index is 1.11. The second-order valence-corrected chi connectivity index (χ2v) is 14.4. The highest BCUT2D eigenvalue weighted by molar-refractivity contribution is 7.20. The summed E-state index contributed by atoms with van der Waals surface area (Å²) in [6, 6.07) is 33.0. The molecule has 0 nitrogen and oxygen atoms in total. The zero-order valence-corrected chi connectivity index (χ0v) is 26.6. The molecule has 0 atom stereocenters. The van der Waals surface area contributed by atoms with Crippen LogP contribution in [0.4, 0.5) is 0 Å². The maximum atomic E-state index is 2.44. The normalized spacial score (nSPS) is 12.0. The molecule has 2 aromatic heterocycles. The molecule has 1 aliphatic carbocycles. The Balaban J connectivity index is 1.06. The van der Waals surface area contributed by atoms with Crippen LogP contribution in [0.15, 0.2) is 84.9 Å². The summed E-state index contributed by atoms with van der Waals surface area (Å²) in [6.45, 7) is 4.53. The monoisotopic (exact) mass is 584 g/mol. The minimum absolute atomic E-state index is 1.11. The lowest BCUT2D eigenvalue weighted by Gasteiger charge is -2.25. The summed E-state index contributed by atoms with van der Waals surface area (Å²) < 4.78 is 2.95. The van der Waals surface area contributed by atoms with E-state index < -0.39 is 0 Å². The Morgan fingerprint density at radius 2 is 0.810 bits per heavy atom. The van der Waals surface area contributed by atoms with Crippen LogP contribution in [-0.2, 0) is 38.5 Å². The Labute approximate surface area is 259 Å². The van der Waals surface area contributed by atoms with Gasteiger partial charge in [-0.3, -0.25) is 0 Å². The lowest BCUT2D eigenvalue weighted by atomic mass is 9.79. The molecule has 2 heterocycles. The molecule has 2 heteroatoms. The molecule has 0 spiro atoms. The summed E-state index contributed by atoms with van der Waals surface area (Å²) in [7, 11) is 0. The maximum absolute atomic E-state index is 2.44. The first-order valence-electron chi connectivity index (χ1n) is 16.0. The molecule has 42 heavy (non-hydrogen) atoms. The average molecular weight is 585 g/mol. The Morgan fingerprint density at radius 3 is 1.19 bits per heavy atom. The third-order valence-corrected chi connectivity index (χ3v) is 11.5. The highest BCUT2D eigenvalue weighted by atomic mass is 32.1. The predicted molar refractivity (Wildman–Crippen MR) is 187 cm³/mol. The van der Waals surface area contributed by atoms with E-state index in [1.165, 1.54) is 113 Å². The Morgan fingerprint density at radius 1 is 0.429 bits per heavy atom. The van der Waals surface area contributed by atoms with E-state index in [9.17, 15) is 0 Å². The van der Waals surface area contributed by atoms with Gasteiger partial charge in [0.05, 0.1) is 0 Å². The quantitative estimate of drug-likeness (QED) is 0.134. The second-order valence-electron chi connectivity index (χ2n) is 12.1. The first-order chi connectivity index (χ1) is 20.7. The van der Waals surface area contributed by atoms with E-state index in [1.54, 1.807) is 0 Å². The molecular weight excluding hydrogens is 545 g/mol. The van der Waals surface area contributed by atoms with Crippen LogP contribution in [-0.4, -0.2) is 0 Å². The Hall–Kier alpha value is -3.20. The molecule has 212 valence electrons. The first kappa shape index (κ1) is 27.6. The van der Waals surface area contributed by atoms with Gasteiger partial charge in [-0.25, -0.2) is 0 Å². The maximum Gasteiger partial charge on any atom is 0.0430 e. The lowest BCUT2D eigenvalue weighted by Crippen LogP contribution is -1.98. The molecule has 0 saturated heterocycles. The number of benzene rings is 4. The van der Waals surface area contributed by atoms with Crippen molar-refractivity contribution in [2.45, 2.75) is 78.1 Å². The number of rotatable bonds is 12. The van der Waals surface area contributed by atoms with Crippen LogP contribution in [0.1, 0.15) is 71.5 Å². The summed E-state index contributed by atoms with van der Waals surface area (Å²) >= 11 is 4.02. The highest BCUT2D eigenvalue weighted by Gasteiger charge is 2.28. The zero-order valence-electron chi connectivity index (χ0n) is 25.0. The number of fused-ring (bicyclic) bond motifs is 8. The summed E-state index contributed by atoms with van der Waals surface area (Å²) in [4.78, 5) is 3.00. The van der Waals surface area contributed by atoms with E-state index in [1.807, 2.05) is 22.7 Å². The fourth-order valence-corrected chi connectivity index (χ4v) is 8.93. The number of hydrogen-bond acceptors (Lipinski definition) is 2. The van der Waals surface area contributed by atoms with Crippen LogP contribution in [0.2, 0.25) is 0 Å². The summed E-state index contributed by atoms with van der Waals surface area (Å²) in [5.74, 6) is 0. The number of aryl methyl sites for hydroxylation is 6. The van der Waals surface area contributed by atoms with Gasteiger partial charge in [-0.2, -0.15) is 0 Å². The molecule has 0 fully saturated rings. The van der Waals surface area contributed by atoms with Gasteiger partial charge in [0.2, 0.25) is 0 Å². The van der Waals surface area contributed by atoms with Gasteiger partial charge in [0, 0.05) is 30.3 Å². The van der Waals surface area contributed by atoms with Gasteiger partial charge in [0.1, 0.15) is 0 Å². The van der Waals surface area contributed by atoms with Crippen molar-refractivity contribution in [2.75, 3.05) is 0 Å². The van der Waals surface area contributed by atoms with E-state index in [0.717, 1.165) is 25.7 Å². The van der Waals surface area contributed by atoms with Crippen LogP contribution >= 0.6 is 22.7 Å². The zero-order chi connectivity index (χ0) is 28.5. The first-order valence-corrected chi connectivity index (χ1v) is 17.6. The van der Waals surface area contributed by atoms with Crippen molar-refractivity contribution in [1.82, 2.24) is 0 Å². The summed E-state index contributed by atoms with van der Waals surface area (Å²) in [5, 5.41) is 2.81. The summed E-state index contributed by atoms with van der Waals surface area (Å²) in [6.07, 6.45) is 11.9. The molecule has 6 aromatic rings. The van der Waals surface area contributed by atoms with E-state index in [4.69, 9.17) is 0 Å². The highest BCUT2D eigenvalue weighted by Crippen LogP contribution is 2.56. The number of hydrogen-bond donors (Lipinski definition) is 0. The standard InChI is InChI=1S/C40H40S2/c1-3-5-7-27-9-13-29(14-10-27)17-21-33-25-31-19-23-35-37(39(31)41-33)36-24-20-32-26-34(42-40(32)38(35)36)22-18-30-15-11-28(12-16-30)8-6-4-2/h9-16,19-20,23-26H,3-8,17-18,21-22H2,1-2H3. The largest absolute Gasteiger partial charge is 0.140 e. The van der Waals surface area contributed by atoms with Crippen LogP contribution < -0.4 is 0 Å². The van der Waals surface area contributed by atoms with Crippen molar-refractivity contribution in [3.8, 4) is 22.3 Å². The van der Waals surface area contributed by atoms with Crippen molar-refractivity contribution >= 4 is 42.8 Å². The SMILES string of the molecule is CCCCc1ccc(CCc2cc3ccc4c(c3s2)-c2ccc3cc(CCc5ccc(CCCC)cc5)sc3c2-4)cc1. The van der Waals surface area contributed by atoms with Gasteiger partial charge in [-0.1, -0.05) is 99.5 Å². The van der Waals surface area contributed by atoms with Crippen LogP contribution in [0.25, 0.3) is 42.4 Å². The molecule has 0 bridgehead atoms. The Kier molecular flexibility index (Phi) is 8.02.